The molecule has 16 fully saturated rings. The van der Waals surface area contributed by atoms with Crippen molar-refractivity contribution in [3.05, 3.63) is 115 Å². The predicted octanol–water partition coefficient (Wildman–Crippen LogP) is 17.3. The Morgan fingerprint density at radius 2 is 0.457 bits per heavy atom. The predicted molar refractivity (Wildman–Crippen MR) is 372 cm³/mol. The SMILES string of the molecule is CCCCOc1c2cc(C34C[C@@H]5C[C@@H](CC(N)(C5)C3)C4)cc1Cc1cc(C34C[C@@H]5C[C@@H](CC(N)(C5)C3)C4)cc(c1OCCCC)Cc1cc(C34C[C@@H]5C[C@@H](CC(N)(C5)C3)C4)cc(c1OCCCC)Cc1cc(C34C[C@@H]5C[C@@H](CC(N)(C5)C3)C4)cc(c1OCCCC)C2. The first-order valence-electron chi connectivity index (χ1n) is 38.7. The smallest absolute Gasteiger partial charge is 0.126 e. The van der Waals surface area contributed by atoms with Crippen LogP contribution in [0.4, 0.5) is 0 Å². The van der Waals surface area contributed by atoms with Gasteiger partial charge in [-0.25, -0.2) is 0 Å². The largest absolute Gasteiger partial charge is 0.493 e. The molecular formula is C84H116N4O4. The molecule has 17 aliphatic carbocycles. The zero-order valence-electron chi connectivity index (χ0n) is 57.5. The first-order chi connectivity index (χ1) is 44.4. The number of rotatable bonds is 20. The van der Waals surface area contributed by atoms with Crippen LogP contribution in [0.2, 0.25) is 0 Å². The summed E-state index contributed by atoms with van der Waals surface area (Å²) in [6.45, 7) is 12.0. The summed E-state index contributed by atoms with van der Waals surface area (Å²) in [5.41, 5.74) is 47.1. The summed E-state index contributed by atoms with van der Waals surface area (Å²) in [6.07, 6.45) is 40.3. The van der Waals surface area contributed by atoms with E-state index in [4.69, 9.17) is 41.9 Å². The second-order valence-corrected chi connectivity index (χ2v) is 36.4. The van der Waals surface area contributed by atoms with Crippen molar-refractivity contribution >= 4 is 0 Å². The fourth-order valence-electron chi connectivity index (χ4n) is 26.8. The number of nitrogens with two attached hydrogens (primary N) is 4. The number of unbranched alkanes of at least 4 members (excludes halogenated alkanes) is 4. The Morgan fingerprint density at radius 3 is 0.609 bits per heavy atom. The first-order valence-corrected chi connectivity index (χ1v) is 38.7. The maximum absolute atomic E-state index is 7.68. The van der Waals surface area contributed by atoms with Crippen LogP contribution in [0.15, 0.2) is 48.5 Å². The number of hydrogen-bond donors (Lipinski definition) is 4. The minimum Gasteiger partial charge on any atom is -0.493 e. The van der Waals surface area contributed by atoms with Gasteiger partial charge in [0.1, 0.15) is 23.0 Å². The summed E-state index contributed by atoms with van der Waals surface area (Å²) in [5.74, 6) is 9.83. The van der Waals surface area contributed by atoms with Crippen molar-refractivity contribution in [2.24, 2.45) is 70.3 Å². The summed E-state index contributed by atoms with van der Waals surface area (Å²) in [5, 5.41) is 0. The molecule has 4 aromatic rings. The Kier molecular flexibility index (Phi) is 15.2. The van der Waals surface area contributed by atoms with Crippen LogP contribution in [-0.4, -0.2) is 48.6 Å². The molecule has 16 saturated carbocycles. The van der Waals surface area contributed by atoms with Crippen molar-refractivity contribution in [1.29, 1.82) is 0 Å². The minimum atomic E-state index is -0.103. The van der Waals surface area contributed by atoms with Crippen molar-refractivity contribution in [3.8, 4) is 23.0 Å². The van der Waals surface area contributed by atoms with Crippen molar-refractivity contribution in [2.45, 2.75) is 303 Å². The van der Waals surface area contributed by atoms with E-state index in [0.29, 0.717) is 73.8 Å². The number of benzene rings is 4. The maximum Gasteiger partial charge on any atom is 0.126 e. The first kappa shape index (κ1) is 61.5. The molecule has 0 aromatic heterocycles. The van der Waals surface area contributed by atoms with E-state index in [1.54, 1.807) is 0 Å². The Labute approximate surface area is 553 Å². The molecule has 92 heavy (non-hydrogen) atoms. The molecule has 21 rings (SSSR count). The van der Waals surface area contributed by atoms with Crippen molar-refractivity contribution in [3.63, 3.8) is 0 Å². The van der Waals surface area contributed by atoms with Gasteiger partial charge >= 0.3 is 0 Å². The highest BCUT2D eigenvalue weighted by atomic mass is 16.5. The zero-order valence-corrected chi connectivity index (χ0v) is 57.5. The normalized spacial score (nSPS) is 39.4. The van der Waals surface area contributed by atoms with Crippen LogP contribution in [0.3, 0.4) is 0 Å². The average molecular weight is 1250 g/mol. The van der Waals surface area contributed by atoms with Crippen LogP contribution >= 0.6 is 0 Å². The van der Waals surface area contributed by atoms with Gasteiger partial charge in [0.15, 0.2) is 0 Å². The van der Waals surface area contributed by atoms with Crippen molar-refractivity contribution in [2.75, 3.05) is 26.4 Å². The molecular weight excluding hydrogens is 1130 g/mol. The molecule has 4 aromatic carbocycles. The van der Waals surface area contributed by atoms with Gasteiger partial charge in [-0.3, -0.25) is 0 Å². The van der Waals surface area contributed by atoms with Crippen LogP contribution < -0.4 is 41.9 Å². The fourth-order valence-corrected chi connectivity index (χ4v) is 26.8. The van der Waals surface area contributed by atoms with Crippen LogP contribution in [0, 0.1) is 47.3 Å². The number of fused-ring (bicyclic) bond motifs is 8. The van der Waals surface area contributed by atoms with Crippen LogP contribution in [-0.2, 0) is 47.3 Å². The highest BCUT2D eigenvalue weighted by Crippen LogP contribution is 2.67. The van der Waals surface area contributed by atoms with Crippen molar-refractivity contribution < 1.29 is 18.9 Å². The Morgan fingerprint density at radius 1 is 0.283 bits per heavy atom. The highest BCUT2D eigenvalue weighted by Gasteiger charge is 2.61. The lowest BCUT2D eigenvalue weighted by Gasteiger charge is -2.61. The van der Waals surface area contributed by atoms with E-state index < -0.39 is 0 Å². The molecule has 16 atom stereocenters. The van der Waals surface area contributed by atoms with Gasteiger partial charge < -0.3 is 41.9 Å². The third kappa shape index (κ3) is 10.8. The van der Waals surface area contributed by atoms with E-state index in [1.165, 1.54) is 195 Å². The Balaban J connectivity index is 0.944. The standard InChI is InChI=1S/C84H116N4O4/c1-5-9-13-89-73-61-21-63-27-70(78-35-55-18-56(36-78)44-82(86,43-55)50-78)29-65(74(63)90-14-10-6-2)23-67-31-72(80-39-59-20-60(40-80)48-84(88,47-59)52-80)32-68(76(67)92-16-12-8-4)24-66-30-71(79-37-57-19-58(38-79)46-83(87,45-57)51-79)28-64(75(66)91-15-11-7-3)22-62(73)26-69(25-61)77-33-53-17-54(34-77)42-81(85,41-53)49-77/h25-32,53-60H,5-24,33-52,85-88H2,1-4H3/t53-,54+,55-,56+,57-,58+,59-,60+,77?,78?,79?,80?,81?,82?,83?,84?. The average Bonchev–Trinajstić information content (AvgIpc) is 0.738. The summed E-state index contributed by atoms with van der Waals surface area (Å²) in [6, 6.07) is 21.6. The quantitative estimate of drug-likeness (QED) is 0.0565. The van der Waals surface area contributed by atoms with E-state index >= 15 is 0 Å². The van der Waals surface area contributed by atoms with E-state index in [1.807, 2.05) is 0 Å². The van der Waals surface area contributed by atoms with E-state index in [-0.39, 0.29) is 43.8 Å². The lowest BCUT2D eigenvalue weighted by atomic mass is 9.45. The lowest BCUT2D eigenvalue weighted by Crippen LogP contribution is -2.61. The molecule has 8 heteroatoms. The molecule has 8 nitrogen and oxygen atoms in total. The third-order valence-corrected chi connectivity index (χ3v) is 28.3. The Bertz CT molecular complexity index is 2900. The molecule has 496 valence electrons. The van der Waals surface area contributed by atoms with Gasteiger partial charge in [-0.2, -0.15) is 0 Å². The monoisotopic (exact) mass is 1240 g/mol. The van der Waals surface area contributed by atoms with E-state index in [9.17, 15) is 0 Å². The second kappa shape index (κ2) is 22.8. The molecule has 17 aliphatic rings. The molecule has 0 saturated heterocycles. The van der Waals surface area contributed by atoms with Gasteiger partial charge in [-0.15, -0.1) is 0 Å². The van der Waals surface area contributed by atoms with Crippen molar-refractivity contribution in [1.82, 2.24) is 0 Å². The molecule has 8 N–H and O–H groups in total. The summed E-state index contributed by atoms with van der Waals surface area (Å²) in [7, 11) is 0. The molecule has 8 unspecified atom stereocenters. The second-order valence-electron chi connectivity index (χ2n) is 36.4. The van der Waals surface area contributed by atoms with Gasteiger partial charge in [0.2, 0.25) is 0 Å². The molecule has 0 spiro atoms. The maximum atomic E-state index is 7.68. The zero-order chi connectivity index (χ0) is 62.6. The number of hydrogen-bond acceptors (Lipinski definition) is 8. The highest BCUT2D eigenvalue weighted by molar-refractivity contribution is 5.61. The molecule has 0 heterocycles. The third-order valence-electron chi connectivity index (χ3n) is 28.3. The van der Waals surface area contributed by atoms with Crippen LogP contribution in [0.1, 0.15) is 300 Å². The fraction of sp³-hybridized carbons (Fsp3) is 0.714. The molecule has 24 bridgehead atoms. The topological polar surface area (TPSA) is 141 Å². The van der Waals surface area contributed by atoms with Gasteiger partial charge in [0.25, 0.3) is 0 Å². The lowest BCUT2D eigenvalue weighted by molar-refractivity contribution is -0.0230. The summed E-state index contributed by atoms with van der Waals surface area (Å²) in [4.78, 5) is 0. The van der Waals surface area contributed by atoms with E-state index in [2.05, 4.69) is 76.2 Å². The van der Waals surface area contributed by atoms with Gasteiger partial charge in [-0.1, -0.05) is 102 Å². The van der Waals surface area contributed by atoms with Gasteiger partial charge in [0.05, 0.1) is 26.4 Å². The van der Waals surface area contributed by atoms with Crippen LogP contribution in [0.25, 0.3) is 0 Å². The number of ether oxygens (including phenoxy) is 4. The minimum absolute atomic E-state index is 0.0319. The van der Waals surface area contributed by atoms with Gasteiger partial charge in [0, 0.05) is 47.8 Å². The summed E-state index contributed by atoms with van der Waals surface area (Å²) < 4.78 is 30.4. The Hall–Kier alpha value is -4.08. The van der Waals surface area contributed by atoms with Gasteiger partial charge in [-0.05, 0) is 316 Å². The molecule has 0 radical (unpaired) electrons. The van der Waals surface area contributed by atoms with E-state index in [0.717, 1.165) is 126 Å². The summed E-state index contributed by atoms with van der Waals surface area (Å²) >= 11 is 0. The molecule has 0 amide bonds. The van der Waals surface area contributed by atoms with Crippen LogP contribution in [0.5, 0.6) is 23.0 Å². The molecule has 0 aliphatic heterocycles.